The highest BCUT2D eigenvalue weighted by Crippen LogP contribution is 2.50. The van der Waals surface area contributed by atoms with E-state index < -0.39 is 5.54 Å². The van der Waals surface area contributed by atoms with Crippen molar-refractivity contribution in [3.05, 3.63) is 59.1 Å². The van der Waals surface area contributed by atoms with Crippen molar-refractivity contribution in [1.29, 1.82) is 0 Å². The molecule has 5 heteroatoms. The molecule has 4 rings (SSSR count). The molecule has 0 bridgehead atoms. The highest BCUT2D eigenvalue weighted by molar-refractivity contribution is 7.99. The van der Waals surface area contributed by atoms with Crippen molar-refractivity contribution >= 4 is 34.7 Å². The quantitative estimate of drug-likeness (QED) is 0.628. The Labute approximate surface area is 164 Å². The number of hydrogen-bond acceptors (Lipinski definition) is 4. The fraction of sp³-hybridized carbons (Fsp3) is 0.333. The standard InChI is InChI=1S/C21H23ClN2OS/c1-20(2)12-14(21(3,4)24(20)25)13-23-16-7-5-6-8-18(16)26-19-10-9-15(22)11-17(19)23/h5-12,25H,13H2,1-4H3. The molecule has 0 spiro atoms. The molecule has 136 valence electrons. The predicted molar refractivity (Wildman–Crippen MR) is 109 cm³/mol. The van der Waals surface area contributed by atoms with Gasteiger partial charge < -0.3 is 10.1 Å². The van der Waals surface area contributed by atoms with Gasteiger partial charge in [0.15, 0.2) is 0 Å². The van der Waals surface area contributed by atoms with E-state index in [4.69, 9.17) is 11.6 Å². The van der Waals surface area contributed by atoms with E-state index in [0.29, 0.717) is 6.54 Å². The number of rotatable bonds is 2. The third-order valence-electron chi connectivity index (χ3n) is 5.30. The number of benzene rings is 2. The third-order valence-corrected chi connectivity index (χ3v) is 6.67. The summed E-state index contributed by atoms with van der Waals surface area (Å²) in [5.74, 6) is 0. The molecule has 0 saturated carbocycles. The first-order valence-corrected chi connectivity index (χ1v) is 9.95. The average Bonchev–Trinajstić information content (AvgIpc) is 2.74. The zero-order valence-electron chi connectivity index (χ0n) is 15.5. The molecule has 26 heavy (non-hydrogen) atoms. The second-order valence-electron chi connectivity index (χ2n) is 7.96. The Morgan fingerprint density at radius 1 is 1.00 bits per heavy atom. The minimum Gasteiger partial charge on any atom is -0.335 e. The van der Waals surface area contributed by atoms with Gasteiger partial charge in [0, 0.05) is 21.4 Å². The van der Waals surface area contributed by atoms with E-state index in [1.54, 1.807) is 11.8 Å². The fourth-order valence-corrected chi connectivity index (χ4v) is 5.15. The molecule has 0 amide bonds. The second-order valence-corrected chi connectivity index (χ2v) is 9.48. The third kappa shape index (κ3) is 2.76. The lowest BCUT2D eigenvalue weighted by molar-refractivity contribution is -0.185. The first-order chi connectivity index (χ1) is 12.2. The Hall–Kier alpha value is -1.46. The van der Waals surface area contributed by atoms with E-state index in [1.807, 2.05) is 26.0 Å². The summed E-state index contributed by atoms with van der Waals surface area (Å²) in [7, 11) is 0. The molecule has 2 aliphatic heterocycles. The van der Waals surface area contributed by atoms with Crippen LogP contribution in [0.1, 0.15) is 27.7 Å². The summed E-state index contributed by atoms with van der Waals surface area (Å²) in [6.45, 7) is 8.91. The van der Waals surface area contributed by atoms with Crippen LogP contribution in [0.2, 0.25) is 5.02 Å². The van der Waals surface area contributed by atoms with Crippen molar-refractivity contribution in [3.8, 4) is 0 Å². The van der Waals surface area contributed by atoms with Gasteiger partial charge in [-0.05, 0) is 63.6 Å². The van der Waals surface area contributed by atoms with Crippen LogP contribution in [-0.4, -0.2) is 27.9 Å². The SMILES string of the molecule is CC1(C)C=C(CN2c3ccccc3Sc3ccc(Cl)cc32)C(C)(C)N1O. The molecule has 0 aliphatic carbocycles. The largest absolute Gasteiger partial charge is 0.335 e. The van der Waals surface area contributed by atoms with Gasteiger partial charge in [-0.1, -0.05) is 41.6 Å². The van der Waals surface area contributed by atoms with Gasteiger partial charge in [0.2, 0.25) is 0 Å². The molecule has 3 nitrogen and oxygen atoms in total. The van der Waals surface area contributed by atoms with Crippen LogP contribution in [0.15, 0.2) is 63.9 Å². The van der Waals surface area contributed by atoms with E-state index in [2.05, 4.69) is 55.2 Å². The Morgan fingerprint density at radius 2 is 1.69 bits per heavy atom. The van der Waals surface area contributed by atoms with Gasteiger partial charge >= 0.3 is 0 Å². The van der Waals surface area contributed by atoms with Crippen LogP contribution in [0.5, 0.6) is 0 Å². The maximum atomic E-state index is 10.7. The number of hydrogen-bond donors (Lipinski definition) is 1. The Kier molecular flexibility index (Phi) is 4.16. The highest BCUT2D eigenvalue weighted by atomic mass is 35.5. The Bertz CT molecular complexity index is 907. The van der Waals surface area contributed by atoms with Crippen LogP contribution in [-0.2, 0) is 0 Å². The van der Waals surface area contributed by atoms with Crippen molar-refractivity contribution < 1.29 is 5.21 Å². The lowest BCUT2D eigenvalue weighted by atomic mass is 9.95. The van der Waals surface area contributed by atoms with Crippen molar-refractivity contribution in [1.82, 2.24) is 5.06 Å². The van der Waals surface area contributed by atoms with Crippen LogP contribution in [0.4, 0.5) is 11.4 Å². The molecule has 2 heterocycles. The smallest absolute Gasteiger partial charge is 0.0640 e. The maximum absolute atomic E-state index is 10.7. The molecule has 0 radical (unpaired) electrons. The predicted octanol–water partition coefficient (Wildman–Crippen LogP) is 6.13. The number of fused-ring (bicyclic) bond motifs is 2. The van der Waals surface area contributed by atoms with E-state index in [9.17, 15) is 5.21 Å². The van der Waals surface area contributed by atoms with Crippen LogP contribution in [0.25, 0.3) is 0 Å². The highest BCUT2D eigenvalue weighted by Gasteiger charge is 2.45. The van der Waals surface area contributed by atoms with Crippen molar-refractivity contribution in [2.75, 3.05) is 11.4 Å². The van der Waals surface area contributed by atoms with Gasteiger partial charge in [-0.2, -0.15) is 5.06 Å². The van der Waals surface area contributed by atoms with E-state index in [0.717, 1.165) is 10.7 Å². The first kappa shape index (κ1) is 17.9. The minimum absolute atomic E-state index is 0.389. The molecule has 0 unspecified atom stereocenters. The van der Waals surface area contributed by atoms with Crippen LogP contribution >= 0.6 is 23.4 Å². The normalized spacial score (nSPS) is 20.5. The van der Waals surface area contributed by atoms with Gasteiger partial charge in [-0.3, -0.25) is 0 Å². The number of hydroxylamine groups is 2. The molecule has 0 atom stereocenters. The molecular weight excluding hydrogens is 364 g/mol. The molecular formula is C21H23ClN2OS. The molecule has 0 aromatic heterocycles. The summed E-state index contributed by atoms with van der Waals surface area (Å²) < 4.78 is 0. The first-order valence-electron chi connectivity index (χ1n) is 8.75. The summed E-state index contributed by atoms with van der Waals surface area (Å²) in [5.41, 5.74) is 2.67. The molecule has 0 saturated heterocycles. The van der Waals surface area contributed by atoms with Gasteiger partial charge in [-0.25, -0.2) is 0 Å². The van der Waals surface area contributed by atoms with E-state index in [-0.39, 0.29) is 5.54 Å². The van der Waals surface area contributed by atoms with Crippen LogP contribution < -0.4 is 4.90 Å². The summed E-state index contributed by atoms with van der Waals surface area (Å²) in [5, 5.41) is 12.8. The van der Waals surface area contributed by atoms with Gasteiger partial charge in [-0.15, -0.1) is 0 Å². The molecule has 2 aromatic carbocycles. The molecule has 2 aliphatic rings. The van der Waals surface area contributed by atoms with E-state index >= 15 is 0 Å². The van der Waals surface area contributed by atoms with Crippen LogP contribution in [0.3, 0.4) is 0 Å². The fourth-order valence-electron chi connectivity index (χ4n) is 3.90. The summed E-state index contributed by atoms with van der Waals surface area (Å²) in [6, 6.07) is 14.5. The maximum Gasteiger partial charge on any atom is 0.0640 e. The van der Waals surface area contributed by atoms with Gasteiger partial charge in [0.25, 0.3) is 0 Å². The molecule has 0 fully saturated rings. The average molecular weight is 387 g/mol. The zero-order valence-corrected chi connectivity index (χ0v) is 17.0. The van der Waals surface area contributed by atoms with Crippen LogP contribution in [0, 0.1) is 0 Å². The molecule has 1 N–H and O–H groups in total. The van der Waals surface area contributed by atoms with Crippen molar-refractivity contribution in [2.45, 2.75) is 48.6 Å². The monoisotopic (exact) mass is 386 g/mol. The number of nitrogens with zero attached hydrogens (tertiary/aromatic N) is 2. The lowest BCUT2D eigenvalue weighted by Gasteiger charge is -2.39. The van der Waals surface area contributed by atoms with Crippen molar-refractivity contribution in [3.63, 3.8) is 0 Å². The van der Waals surface area contributed by atoms with Crippen molar-refractivity contribution in [2.24, 2.45) is 0 Å². The number of halogens is 1. The Balaban J connectivity index is 1.81. The summed E-state index contributed by atoms with van der Waals surface area (Å²) in [4.78, 5) is 4.75. The zero-order chi connectivity index (χ0) is 18.7. The number of para-hydroxylation sites is 1. The Morgan fingerprint density at radius 3 is 2.38 bits per heavy atom. The van der Waals surface area contributed by atoms with Gasteiger partial charge in [0.05, 0.1) is 22.5 Å². The topological polar surface area (TPSA) is 26.7 Å². The van der Waals surface area contributed by atoms with Gasteiger partial charge in [0.1, 0.15) is 0 Å². The second kappa shape index (κ2) is 6.03. The summed E-state index contributed by atoms with van der Waals surface area (Å²) in [6.07, 6.45) is 2.18. The molecule has 2 aromatic rings. The summed E-state index contributed by atoms with van der Waals surface area (Å²) >= 11 is 8.08. The minimum atomic E-state index is -0.429. The van der Waals surface area contributed by atoms with E-state index in [1.165, 1.54) is 26.1 Å². The lowest BCUT2D eigenvalue weighted by Crippen LogP contribution is -2.48. The number of anilines is 2.